The van der Waals surface area contributed by atoms with E-state index in [2.05, 4.69) is 0 Å². The Morgan fingerprint density at radius 1 is 0.667 bits per heavy atom. The minimum atomic E-state index is -5.17. The predicted molar refractivity (Wildman–Crippen MR) is 32.5 cm³/mol. The van der Waals surface area contributed by atoms with Crippen LogP contribution in [0.5, 0.6) is 0 Å². The summed E-state index contributed by atoms with van der Waals surface area (Å²) in [5.74, 6) is 0. The first-order chi connectivity index (χ1) is 4.00. The Kier molecular flexibility index (Phi) is 17.5. The average molecular weight is 424 g/mol. The summed E-state index contributed by atoms with van der Waals surface area (Å²) in [6.45, 7) is 0. The van der Waals surface area contributed by atoms with Crippen LogP contribution in [0.4, 0.5) is 0 Å². The maximum Gasteiger partial charge on any atom is 2.00 e. The molecule has 0 saturated carbocycles. The van der Waals surface area contributed by atoms with E-state index in [0.29, 0.717) is 0 Å². The first-order valence-corrected chi connectivity index (χ1v) is 4.00. The quantitative estimate of drug-likeness (QED) is 0.221. The summed E-state index contributed by atoms with van der Waals surface area (Å²) in [5.41, 5.74) is 0. The minimum absolute atomic E-state index is 0. The minimum Gasteiger partial charge on any atom is -0.759 e. The van der Waals surface area contributed by atoms with Crippen molar-refractivity contribution >= 4 is 71.1 Å². The second-order valence-corrected chi connectivity index (χ2v) is 2.45. The summed E-state index contributed by atoms with van der Waals surface area (Å²) >= 11 is 0. The molecule has 2 radical (unpaired) electrons. The zero-order valence-corrected chi connectivity index (χ0v) is 12.2. The van der Waals surface area contributed by atoms with Crippen LogP contribution in [0, 0.1) is 0 Å². The van der Waals surface area contributed by atoms with Crippen molar-refractivity contribution in [2.75, 3.05) is 0 Å². The fourth-order valence-electron chi connectivity index (χ4n) is 0. The third-order valence-electron chi connectivity index (χ3n) is 0. The molecule has 0 N–H and O–H groups in total. The summed E-state index contributed by atoms with van der Waals surface area (Å²) in [6.07, 6.45) is 0. The Hall–Kier alpha value is 1.43. The van der Waals surface area contributed by atoms with Gasteiger partial charge in [0.25, 0.3) is 0 Å². The van der Waals surface area contributed by atoms with Gasteiger partial charge in [-0.3, -0.25) is 16.8 Å². The standard InChI is InChI=1S/Mg.2H2O4S.Pb/c;2*1-5(2,3)4;/h;2*(H2,1,2,3,4);/q+2;;;+2/p-4. The fourth-order valence-corrected chi connectivity index (χ4v) is 0. The molecule has 0 aliphatic heterocycles. The topological polar surface area (TPSA) is 161 Å². The average Bonchev–Trinajstić information content (AvgIpc) is 1.12. The molecule has 8 nitrogen and oxygen atoms in total. The normalized spacial score (nSPS) is 9.67. The van der Waals surface area contributed by atoms with Gasteiger partial charge < -0.3 is 18.2 Å². The molecular weight excluding hydrogens is 424 g/mol. The Morgan fingerprint density at radius 3 is 0.667 bits per heavy atom. The smallest absolute Gasteiger partial charge is 0.759 e. The van der Waals surface area contributed by atoms with Gasteiger partial charge in [-0.2, -0.15) is 0 Å². The Balaban J connectivity index is -0.0000000457. The van der Waals surface area contributed by atoms with Crippen molar-refractivity contribution in [2.45, 2.75) is 0 Å². The first kappa shape index (κ1) is 23.3. The molecule has 12 heteroatoms. The summed E-state index contributed by atoms with van der Waals surface area (Å²) in [7, 11) is -10.3. The molecule has 0 aliphatic carbocycles. The van der Waals surface area contributed by atoms with Gasteiger partial charge in [0.05, 0.1) is 0 Å². The monoisotopic (exact) mass is 424 g/mol. The van der Waals surface area contributed by atoms with E-state index >= 15 is 0 Å². The van der Waals surface area contributed by atoms with Gasteiger partial charge in [0.1, 0.15) is 0 Å². The molecule has 0 saturated heterocycles. The molecule has 0 fully saturated rings. The third kappa shape index (κ3) is 609. The van der Waals surface area contributed by atoms with Crippen LogP contribution >= 0.6 is 0 Å². The summed E-state index contributed by atoms with van der Waals surface area (Å²) < 4.78 is 68.2. The SMILES string of the molecule is O=S(=O)([O-])[O-].O=S(=O)([O-])[O-].[Mg+2].[Pb+2]. The second kappa shape index (κ2) is 9.00. The van der Waals surface area contributed by atoms with Crippen LogP contribution in [0.15, 0.2) is 0 Å². The van der Waals surface area contributed by atoms with Crippen molar-refractivity contribution in [1.29, 1.82) is 0 Å². The maximum atomic E-state index is 8.52. The number of hydrogen-bond donors (Lipinski definition) is 0. The van der Waals surface area contributed by atoms with E-state index in [0.717, 1.165) is 0 Å². The molecule has 0 rings (SSSR count). The van der Waals surface area contributed by atoms with Gasteiger partial charge >= 0.3 is 50.4 Å². The van der Waals surface area contributed by atoms with Crippen molar-refractivity contribution in [3.05, 3.63) is 0 Å². The van der Waals surface area contributed by atoms with Crippen molar-refractivity contribution in [3.63, 3.8) is 0 Å². The Labute approximate surface area is 105 Å². The van der Waals surface area contributed by atoms with Gasteiger partial charge in [-0.15, -0.1) is 0 Å². The van der Waals surface area contributed by atoms with Crippen LogP contribution in [-0.4, -0.2) is 85.4 Å². The molecule has 66 valence electrons. The molecule has 0 heterocycles. The van der Waals surface area contributed by atoms with Crippen LogP contribution in [0.25, 0.3) is 0 Å². The number of hydrogen-bond acceptors (Lipinski definition) is 8. The predicted octanol–water partition coefficient (Wildman–Crippen LogP) is -3.44. The van der Waals surface area contributed by atoms with Gasteiger partial charge in [0, 0.05) is 20.8 Å². The van der Waals surface area contributed by atoms with Crippen LogP contribution < -0.4 is 0 Å². The van der Waals surface area contributed by atoms with Crippen LogP contribution in [0.2, 0.25) is 0 Å². The van der Waals surface area contributed by atoms with Crippen LogP contribution in [0.3, 0.4) is 0 Å². The van der Waals surface area contributed by atoms with Crippen LogP contribution in [0.1, 0.15) is 0 Å². The van der Waals surface area contributed by atoms with E-state index in [-0.39, 0.29) is 50.4 Å². The molecule has 0 aliphatic rings. The van der Waals surface area contributed by atoms with E-state index in [1.54, 1.807) is 0 Å². The van der Waals surface area contributed by atoms with E-state index in [1.807, 2.05) is 0 Å². The van der Waals surface area contributed by atoms with E-state index in [9.17, 15) is 0 Å². The molecule has 0 aromatic heterocycles. The van der Waals surface area contributed by atoms with Gasteiger partial charge in [-0.05, 0) is 0 Å². The first-order valence-electron chi connectivity index (χ1n) is 1.33. The van der Waals surface area contributed by atoms with Gasteiger partial charge in [0.15, 0.2) is 0 Å². The van der Waals surface area contributed by atoms with E-state index in [4.69, 9.17) is 35.0 Å². The maximum absolute atomic E-state index is 8.52. The molecule has 0 atom stereocenters. The zero-order chi connectivity index (χ0) is 9.00. The third-order valence-corrected chi connectivity index (χ3v) is 0. The molecule has 12 heavy (non-hydrogen) atoms. The number of rotatable bonds is 0. The molecular formula is MgO8PbS2. The van der Waals surface area contributed by atoms with Gasteiger partial charge in [-0.25, -0.2) is 0 Å². The van der Waals surface area contributed by atoms with E-state index < -0.39 is 20.8 Å². The van der Waals surface area contributed by atoms with E-state index in [1.165, 1.54) is 0 Å². The summed E-state index contributed by atoms with van der Waals surface area (Å²) in [6, 6.07) is 0. The summed E-state index contributed by atoms with van der Waals surface area (Å²) in [5, 5.41) is 0. The molecule has 0 amide bonds. The molecule has 0 bridgehead atoms. The van der Waals surface area contributed by atoms with Crippen molar-refractivity contribution in [2.24, 2.45) is 0 Å². The van der Waals surface area contributed by atoms with Crippen molar-refractivity contribution in [1.82, 2.24) is 0 Å². The molecule has 0 aromatic carbocycles. The fraction of sp³-hybridized carbons (Fsp3) is 0. The Morgan fingerprint density at radius 2 is 0.667 bits per heavy atom. The molecule has 0 spiro atoms. The van der Waals surface area contributed by atoms with Crippen LogP contribution in [-0.2, 0) is 20.8 Å². The zero-order valence-electron chi connectivity index (χ0n) is 5.29. The van der Waals surface area contributed by atoms with Gasteiger partial charge in [0.2, 0.25) is 0 Å². The van der Waals surface area contributed by atoms with Crippen molar-refractivity contribution < 1.29 is 35.0 Å². The van der Waals surface area contributed by atoms with Gasteiger partial charge in [-0.1, -0.05) is 0 Å². The largest absolute Gasteiger partial charge is 2.00 e. The second-order valence-electron chi connectivity index (χ2n) is 0.816. The molecule has 0 aromatic rings. The molecule has 0 unspecified atom stereocenters. The Bertz CT molecular complexity index is 213. The summed E-state index contributed by atoms with van der Waals surface area (Å²) in [4.78, 5) is 0. The van der Waals surface area contributed by atoms with Crippen molar-refractivity contribution in [3.8, 4) is 0 Å².